The van der Waals surface area contributed by atoms with E-state index in [-0.39, 0.29) is 5.91 Å². The van der Waals surface area contributed by atoms with Gasteiger partial charge in [0.05, 0.1) is 27.0 Å². The maximum Gasteiger partial charge on any atom is 0.271 e. The van der Waals surface area contributed by atoms with Crippen molar-refractivity contribution in [3.05, 3.63) is 77.9 Å². The standard InChI is InChI=1S/C24H24N2O4/c1-16(17-10-12-19(13-11-17)18-8-6-5-7-9-18)25-26-24(27)20-14-21(28-2)23(30-4)22(15-20)29-3/h5-15H,1-4H3,(H,26,27). The van der Waals surface area contributed by atoms with Gasteiger partial charge >= 0.3 is 0 Å². The van der Waals surface area contributed by atoms with Crippen molar-refractivity contribution in [1.82, 2.24) is 5.43 Å². The van der Waals surface area contributed by atoms with Crippen LogP contribution in [0.15, 0.2) is 71.8 Å². The lowest BCUT2D eigenvalue weighted by Crippen LogP contribution is -2.19. The van der Waals surface area contributed by atoms with Crippen molar-refractivity contribution < 1.29 is 19.0 Å². The Labute approximate surface area is 176 Å². The molecule has 0 radical (unpaired) electrons. The van der Waals surface area contributed by atoms with Gasteiger partial charge in [-0.25, -0.2) is 5.43 Å². The number of nitrogens with one attached hydrogen (secondary N) is 1. The molecule has 3 aromatic rings. The molecule has 6 heteroatoms. The van der Waals surface area contributed by atoms with Gasteiger partial charge < -0.3 is 14.2 Å². The number of hydrogen-bond acceptors (Lipinski definition) is 5. The van der Waals surface area contributed by atoms with Gasteiger partial charge in [0.15, 0.2) is 11.5 Å². The van der Waals surface area contributed by atoms with E-state index in [2.05, 4.69) is 22.7 Å². The van der Waals surface area contributed by atoms with E-state index in [1.807, 2.05) is 49.4 Å². The minimum atomic E-state index is -0.380. The molecule has 0 aromatic heterocycles. The van der Waals surface area contributed by atoms with Gasteiger partial charge in [-0.05, 0) is 35.7 Å². The van der Waals surface area contributed by atoms with Gasteiger partial charge in [-0.1, -0.05) is 54.6 Å². The predicted molar refractivity (Wildman–Crippen MR) is 118 cm³/mol. The first kappa shape index (κ1) is 20.9. The monoisotopic (exact) mass is 404 g/mol. The van der Waals surface area contributed by atoms with E-state index in [0.29, 0.717) is 28.5 Å². The van der Waals surface area contributed by atoms with Crippen LogP contribution in [0, 0.1) is 0 Å². The van der Waals surface area contributed by atoms with Gasteiger partial charge in [0, 0.05) is 5.56 Å². The van der Waals surface area contributed by atoms with Crippen LogP contribution >= 0.6 is 0 Å². The average Bonchev–Trinajstić information content (AvgIpc) is 2.81. The lowest BCUT2D eigenvalue weighted by Gasteiger charge is -2.13. The molecule has 0 unspecified atom stereocenters. The van der Waals surface area contributed by atoms with Gasteiger partial charge in [0.25, 0.3) is 5.91 Å². The summed E-state index contributed by atoms with van der Waals surface area (Å²) >= 11 is 0. The highest BCUT2D eigenvalue weighted by atomic mass is 16.5. The second-order valence-corrected chi connectivity index (χ2v) is 6.50. The second-order valence-electron chi connectivity index (χ2n) is 6.50. The van der Waals surface area contributed by atoms with Crippen molar-refractivity contribution in [3.8, 4) is 28.4 Å². The van der Waals surface area contributed by atoms with Crippen molar-refractivity contribution in [2.75, 3.05) is 21.3 Å². The zero-order valence-corrected chi connectivity index (χ0v) is 17.4. The number of amides is 1. The summed E-state index contributed by atoms with van der Waals surface area (Å²) in [6.45, 7) is 1.84. The third-order valence-electron chi connectivity index (χ3n) is 4.66. The molecule has 0 aliphatic heterocycles. The van der Waals surface area contributed by atoms with Crippen LogP contribution < -0.4 is 19.6 Å². The van der Waals surface area contributed by atoms with E-state index < -0.39 is 0 Å². The van der Waals surface area contributed by atoms with Crippen molar-refractivity contribution in [1.29, 1.82) is 0 Å². The Hall–Kier alpha value is -3.80. The second kappa shape index (κ2) is 9.60. The molecule has 154 valence electrons. The number of hydrogen-bond donors (Lipinski definition) is 1. The molecule has 0 heterocycles. The maximum atomic E-state index is 12.6. The molecule has 0 saturated carbocycles. The summed E-state index contributed by atoms with van der Waals surface area (Å²) in [7, 11) is 4.51. The lowest BCUT2D eigenvalue weighted by atomic mass is 10.0. The lowest BCUT2D eigenvalue weighted by molar-refractivity contribution is 0.0954. The van der Waals surface area contributed by atoms with Crippen LogP contribution in [-0.4, -0.2) is 32.9 Å². The Bertz CT molecular complexity index is 1020. The summed E-state index contributed by atoms with van der Waals surface area (Å²) in [6, 6.07) is 21.3. The van der Waals surface area contributed by atoms with Crippen LogP contribution in [0.2, 0.25) is 0 Å². The first-order valence-electron chi connectivity index (χ1n) is 9.38. The summed E-state index contributed by atoms with van der Waals surface area (Å²) in [5.41, 5.74) is 6.80. The first-order valence-corrected chi connectivity index (χ1v) is 9.38. The largest absolute Gasteiger partial charge is 0.493 e. The molecular weight excluding hydrogens is 380 g/mol. The Morgan fingerprint density at radius 3 is 1.87 bits per heavy atom. The van der Waals surface area contributed by atoms with Crippen molar-refractivity contribution in [2.45, 2.75) is 6.92 Å². The summed E-state index contributed by atoms with van der Waals surface area (Å²) in [4.78, 5) is 12.6. The van der Waals surface area contributed by atoms with E-state index in [1.165, 1.54) is 21.3 Å². The number of benzene rings is 3. The Morgan fingerprint density at radius 1 is 0.767 bits per heavy atom. The topological polar surface area (TPSA) is 69.2 Å². The molecule has 3 rings (SSSR count). The maximum absolute atomic E-state index is 12.6. The predicted octanol–water partition coefficient (Wildman–Crippen LogP) is 4.53. The summed E-state index contributed by atoms with van der Waals surface area (Å²) in [5, 5.41) is 4.23. The number of carbonyl (C=O) groups excluding carboxylic acids is 1. The molecule has 0 spiro atoms. The van der Waals surface area contributed by atoms with Crippen LogP contribution in [-0.2, 0) is 0 Å². The Morgan fingerprint density at radius 2 is 1.33 bits per heavy atom. The summed E-state index contributed by atoms with van der Waals surface area (Å²) < 4.78 is 15.9. The Kier molecular flexibility index (Phi) is 6.70. The Balaban J connectivity index is 1.76. The molecule has 1 N–H and O–H groups in total. The smallest absolute Gasteiger partial charge is 0.271 e. The highest BCUT2D eigenvalue weighted by molar-refractivity contribution is 6.01. The average molecular weight is 404 g/mol. The zero-order valence-electron chi connectivity index (χ0n) is 17.4. The van der Waals surface area contributed by atoms with Crippen LogP contribution in [0.3, 0.4) is 0 Å². The minimum Gasteiger partial charge on any atom is -0.493 e. The van der Waals surface area contributed by atoms with E-state index in [4.69, 9.17) is 14.2 Å². The van der Waals surface area contributed by atoms with Crippen LogP contribution in [0.25, 0.3) is 11.1 Å². The highest BCUT2D eigenvalue weighted by Crippen LogP contribution is 2.38. The fourth-order valence-corrected chi connectivity index (χ4v) is 3.01. The molecule has 6 nitrogen and oxygen atoms in total. The molecule has 0 atom stereocenters. The highest BCUT2D eigenvalue weighted by Gasteiger charge is 2.16. The molecule has 0 saturated heterocycles. The van der Waals surface area contributed by atoms with Gasteiger partial charge in [-0.2, -0.15) is 5.10 Å². The number of rotatable bonds is 7. The molecule has 1 amide bonds. The molecular formula is C24H24N2O4. The van der Waals surface area contributed by atoms with Gasteiger partial charge in [-0.3, -0.25) is 4.79 Å². The molecule has 0 bridgehead atoms. The molecule has 0 aliphatic rings. The van der Waals surface area contributed by atoms with Crippen LogP contribution in [0.5, 0.6) is 17.2 Å². The quantitative estimate of drug-likeness (QED) is 0.464. The van der Waals surface area contributed by atoms with Crippen LogP contribution in [0.1, 0.15) is 22.8 Å². The van der Waals surface area contributed by atoms with Crippen molar-refractivity contribution in [3.63, 3.8) is 0 Å². The minimum absolute atomic E-state index is 0.348. The third kappa shape index (κ3) is 4.60. The molecule has 3 aromatic carbocycles. The number of ether oxygens (including phenoxy) is 3. The summed E-state index contributed by atoms with van der Waals surface area (Å²) in [6.07, 6.45) is 0. The van der Waals surface area contributed by atoms with Gasteiger partial charge in [-0.15, -0.1) is 0 Å². The van der Waals surface area contributed by atoms with Gasteiger partial charge in [0.1, 0.15) is 0 Å². The number of carbonyl (C=O) groups is 1. The third-order valence-corrected chi connectivity index (χ3v) is 4.66. The number of nitrogens with zero attached hydrogens (tertiary/aromatic N) is 1. The van der Waals surface area contributed by atoms with Crippen LogP contribution in [0.4, 0.5) is 0 Å². The zero-order chi connectivity index (χ0) is 21.5. The van der Waals surface area contributed by atoms with Gasteiger partial charge in [0.2, 0.25) is 5.75 Å². The fourth-order valence-electron chi connectivity index (χ4n) is 3.01. The van der Waals surface area contributed by atoms with E-state index >= 15 is 0 Å². The van der Waals surface area contributed by atoms with Crippen molar-refractivity contribution >= 4 is 11.6 Å². The number of methoxy groups -OCH3 is 3. The first-order chi connectivity index (χ1) is 14.6. The SMILES string of the molecule is COc1cc(C(=O)NN=C(C)c2ccc(-c3ccccc3)cc2)cc(OC)c1OC. The molecule has 30 heavy (non-hydrogen) atoms. The number of hydrazone groups is 1. The van der Waals surface area contributed by atoms with E-state index in [1.54, 1.807) is 12.1 Å². The normalized spacial score (nSPS) is 11.0. The van der Waals surface area contributed by atoms with E-state index in [0.717, 1.165) is 16.7 Å². The molecule has 0 aliphatic carbocycles. The molecule has 0 fully saturated rings. The fraction of sp³-hybridized carbons (Fsp3) is 0.167. The summed E-state index contributed by atoms with van der Waals surface area (Å²) in [5.74, 6) is 0.850. The van der Waals surface area contributed by atoms with Crippen molar-refractivity contribution in [2.24, 2.45) is 5.10 Å². The van der Waals surface area contributed by atoms with E-state index in [9.17, 15) is 4.79 Å².